The van der Waals surface area contributed by atoms with Crippen molar-refractivity contribution in [2.45, 2.75) is 20.0 Å². The van der Waals surface area contributed by atoms with Crippen LogP contribution < -0.4 is 5.32 Å². The largest absolute Gasteiger partial charge is 0.347 e. The van der Waals surface area contributed by atoms with Gasteiger partial charge in [0.15, 0.2) is 0 Å². The predicted octanol–water partition coefficient (Wildman–Crippen LogP) is 3.97. The zero-order valence-electron chi connectivity index (χ0n) is 16.6. The molecule has 0 saturated heterocycles. The van der Waals surface area contributed by atoms with E-state index in [2.05, 4.69) is 38.1 Å². The average molecular weight is 395 g/mol. The molecule has 0 spiro atoms. The Kier molecular flexibility index (Phi) is 4.52. The summed E-state index contributed by atoms with van der Waals surface area (Å²) in [5.41, 5.74) is 6.66. The molecule has 2 aromatic carbocycles. The zero-order valence-corrected chi connectivity index (χ0v) is 16.6. The topological polar surface area (TPSA) is 64.2 Å². The summed E-state index contributed by atoms with van der Waals surface area (Å²) in [5.74, 6) is -0.176. The number of rotatable bonds is 5. The third-order valence-electron chi connectivity index (χ3n) is 5.20. The third-order valence-corrected chi connectivity index (χ3v) is 5.20. The Hall–Kier alpha value is -3.93. The van der Waals surface area contributed by atoms with Crippen molar-refractivity contribution in [3.05, 3.63) is 102 Å². The molecule has 3 heterocycles. The lowest BCUT2D eigenvalue weighted by Gasteiger charge is -2.07. The summed E-state index contributed by atoms with van der Waals surface area (Å²) in [6, 6.07) is 20.3. The number of carbonyl (C=O) groups excluding carboxylic acids is 1. The lowest BCUT2D eigenvalue weighted by atomic mass is 10.1. The molecule has 0 aliphatic rings. The Morgan fingerprint density at radius 2 is 1.83 bits per heavy atom. The summed E-state index contributed by atoms with van der Waals surface area (Å²) in [4.78, 5) is 21.3. The summed E-state index contributed by atoms with van der Waals surface area (Å²) in [6.07, 6.45) is 5.54. The third kappa shape index (κ3) is 3.55. The number of aryl methyl sites for hydroxylation is 1. The van der Waals surface area contributed by atoms with Crippen molar-refractivity contribution < 1.29 is 4.79 Å². The number of carbonyl (C=O) groups is 1. The first-order chi connectivity index (χ1) is 14.7. The standard InChI is InChI=1S/C24H21N5O/c1-17-10-11-28-15-21(27-23(28)12-17)24(30)25-13-18-6-8-19(9-7-18)14-29-16-26-20-4-2-3-5-22(20)29/h2-12,15-16H,13-14H2,1H3,(H,25,30). The molecule has 0 aliphatic heterocycles. The first-order valence-corrected chi connectivity index (χ1v) is 9.87. The SMILES string of the molecule is Cc1ccn2cc(C(=O)NCc3ccc(Cn4cnc5ccccc54)cc3)nc2c1. The number of aromatic nitrogens is 4. The van der Waals surface area contributed by atoms with Gasteiger partial charge in [0.2, 0.25) is 0 Å². The van der Waals surface area contributed by atoms with Gasteiger partial charge in [-0.15, -0.1) is 0 Å². The quantitative estimate of drug-likeness (QED) is 0.490. The Labute approximate surface area is 173 Å². The minimum Gasteiger partial charge on any atom is -0.347 e. The molecular formula is C24H21N5O. The lowest BCUT2D eigenvalue weighted by Crippen LogP contribution is -2.23. The molecule has 0 saturated carbocycles. The number of para-hydroxylation sites is 2. The van der Waals surface area contributed by atoms with Gasteiger partial charge in [-0.2, -0.15) is 0 Å². The number of pyridine rings is 1. The van der Waals surface area contributed by atoms with Crippen LogP contribution in [0.1, 0.15) is 27.2 Å². The van der Waals surface area contributed by atoms with Crippen LogP contribution >= 0.6 is 0 Å². The van der Waals surface area contributed by atoms with Gasteiger partial charge in [-0.25, -0.2) is 9.97 Å². The van der Waals surface area contributed by atoms with Gasteiger partial charge in [-0.3, -0.25) is 4.79 Å². The Morgan fingerprint density at radius 1 is 1.03 bits per heavy atom. The molecule has 5 rings (SSSR count). The van der Waals surface area contributed by atoms with Gasteiger partial charge in [0.25, 0.3) is 5.91 Å². The number of imidazole rings is 2. The van der Waals surface area contributed by atoms with Gasteiger partial charge < -0.3 is 14.3 Å². The number of hydrogen-bond donors (Lipinski definition) is 1. The molecule has 6 heteroatoms. The van der Waals surface area contributed by atoms with Crippen molar-refractivity contribution in [2.24, 2.45) is 0 Å². The summed E-state index contributed by atoms with van der Waals surface area (Å²) >= 11 is 0. The van der Waals surface area contributed by atoms with Crippen LogP contribution in [0.2, 0.25) is 0 Å². The number of hydrogen-bond acceptors (Lipinski definition) is 3. The van der Waals surface area contributed by atoms with Crippen LogP contribution in [0.5, 0.6) is 0 Å². The first-order valence-electron chi connectivity index (χ1n) is 9.87. The van der Waals surface area contributed by atoms with Crippen LogP contribution in [-0.4, -0.2) is 24.8 Å². The molecule has 5 aromatic rings. The van der Waals surface area contributed by atoms with E-state index in [1.165, 1.54) is 5.56 Å². The highest BCUT2D eigenvalue weighted by molar-refractivity contribution is 5.92. The van der Waals surface area contributed by atoms with Crippen LogP contribution in [-0.2, 0) is 13.1 Å². The van der Waals surface area contributed by atoms with Crippen molar-refractivity contribution in [3.8, 4) is 0 Å². The molecule has 1 amide bonds. The molecule has 148 valence electrons. The molecule has 1 N–H and O–H groups in total. The number of nitrogens with zero attached hydrogens (tertiary/aromatic N) is 4. The smallest absolute Gasteiger partial charge is 0.271 e. The van der Waals surface area contributed by atoms with Crippen molar-refractivity contribution in [1.82, 2.24) is 24.3 Å². The maximum atomic E-state index is 12.5. The van der Waals surface area contributed by atoms with Crippen LogP contribution in [0.15, 0.2) is 79.4 Å². The molecule has 0 fully saturated rings. The molecule has 3 aromatic heterocycles. The molecule has 0 unspecified atom stereocenters. The summed E-state index contributed by atoms with van der Waals surface area (Å²) in [6.45, 7) is 3.22. The van der Waals surface area contributed by atoms with E-state index in [4.69, 9.17) is 0 Å². The summed E-state index contributed by atoms with van der Waals surface area (Å²) in [5, 5.41) is 2.95. The average Bonchev–Trinajstić information content (AvgIpc) is 3.37. The second-order valence-electron chi connectivity index (χ2n) is 7.46. The van der Waals surface area contributed by atoms with Gasteiger partial charge in [0, 0.05) is 25.5 Å². The van der Waals surface area contributed by atoms with Crippen LogP contribution in [0.25, 0.3) is 16.7 Å². The number of nitrogens with one attached hydrogen (secondary N) is 1. The fourth-order valence-electron chi connectivity index (χ4n) is 3.56. The van der Waals surface area contributed by atoms with Crippen molar-refractivity contribution >= 4 is 22.6 Å². The van der Waals surface area contributed by atoms with Crippen LogP contribution in [0, 0.1) is 6.92 Å². The van der Waals surface area contributed by atoms with Crippen LogP contribution in [0.4, 0.5) is 0 Å². The minimum absolute atomic E-state index is 0.176. The van der Waals surface area contributed by atoms with E-state index < -0.39 is 0 Å². The predicted molar refractivity (Wildman–Crippen MR) is 116 cm³/mol. The van der Waals surface area contributed by atoms with Gasteiger partial charge >= 0.3 is 0 Å². The minimum atomic E-state index is -0.176. The second-order valence-corrected chi connectivity index (χ2v) is 7.46. The monoisotopic (exact) mass is 395 g/mol. The van der Waals surface area contributed by atoms with E-state index in [0.29, 0.717) is 12.2 Å². The molecule has 0 bridgehead atoms. The Bertz CT molecular complexity index is 1350. The Balaban J connectivity index is 1.24. The first kappa shape index (κ1) is 18.1. The van der Waals surface area contributed by atoms with Crippen molar-refractivity contribution in [1.29, 1.82) is 0 Å². The van der Waals surface area contributed by atoms with Crippen molar-refractivity contribution in [2.75, 3.05) is 0 Å². The summed E-state index contributed by atoms with van der Waals surface area (Å²) in [7, 11) is 0. The van der Waals surface area contributed by atoms with Gasteiger partial charge in [-0.1, -0.05) is 36.4 Å². The number of benzene rings is 2. The van der Waals surface area contributed by atoms with Crippen molar-refractivity contribution in [3.63, 3.8) is 0 Å². The van der Waals surface area contributed by atoms with Gasteiger partial charge in [0.05, 0.1) is 17.4 Å². The highest BCUT2D eigenvalue weighted by Crippen LogP contribution is 2.15. The van der Waals surface area contributed by atoms with E-state index in [1.54, 1.807) is 6.20 Å². The highest BCUT2D eigenvalue weighted by atomic mass is 16.1. The fourth-order valence-corrected chi connectivity index (χ4v) is 3.56. The van der Waals surface area contributed by atoms with E-state index in [1.807, 2.05) is 66.3 Å². The normalized spacial score (nSPS) is 11.2. The summed E-state index contributed by atoms with van der Waals surface area (Å²) < 4.78 is 3.99. The lowest BCUT2D eigenvalue weighted by molar-refractivity contribution is 0.0946. The molecule has 6 nitrogen and oxygen atoms in total. The zero-order chi connectivity index (χ0) is 20.5. The molecule has 0 radical (unpaired) electrons. The van der Waals surface area contributed by atoms with Gasteiger partial charge in [-0.05, 0) is 47.9 Å². The molecule has 30 heavy (non-hydrogen) atoms. The molecular weight excluding hydrogens is 374 g/mol. The van der Waals surface area contributed by atoms with E-state index in [0.717, 1.165) is 34.4 Å². The number of amides is 1. The number of fused-ring (bicyclic) bond motifs is 2. The van der Waals surface area contributed by atoms with E-state index in [-0.39, 0.29) is 5.91 Å². The van der Waals surface area contributed by atoms with E-state index >= 15 is 0 Å². The van der Waals surface area contributed by atoms with E-state index in [9.17, 15) is 4.79 Å². The fraction of sp³-hybridized carbons (Fsp3) is 0.125. The van der Waals surface area contributed by atoms with Crippen LogP contribution in [0.3, 0.4) is 0 Å². The molecule has 0 atom stereocenters. The van der Waals surface area contributed by atoms with Gasteiger partial charge in [0.1, 0.15) is 11.3 Å². The highest BCUT2D eigenvalue weighted by Gasteiger charge is 2.10. The maximum absolute atomic E-state index is 12.5. The second kappa shape index (κ2) is 7.48. The maximum Gasteiger partial charge on any atom is 0.271 e. The molecule has 0 aliphatic carbocycles. The Morgan fingerprint density at radius 3 is 2.70 bits per heavy atom.